The quantitative estimate of drug-likeness (QED) is 0.259. The summed E-state index contributed by atoms with van der Waals surface area (Å²) in [7, 11) is 4.63. The number of nitrogens with zero attached hydrogens (tertiary/aromatic N) is 2. The van der Waals surface area contributed by atoms with Crippen molar-refractivity contribution < 1.29 is 36.4 Å². The van der Waals surface area contributed by atoms with Gasteiger partial charge in [-0.3, -0.25) is 9.59 Å². The van der Waals surface area contributed by atoms with E-state index >= 15 is 0 Å². The monoisotopic (exact) mass is 614 g/mol. The van der Waals surface area contributed by atoms with E-state index in [0.717, 1.165) is 39.2 Å². The minimum absolute atomic E-state index is 0. The maximum Gasteiger partial charge on any atom is 0.402 e. The summed E-state index contributed by atoms with van der Waals surface area (Å²) in [5.41, 5.74) is 10.4. The average molecular weight is 616 g/mol. The third-order valence-electron chi connectivity index (χ3n) is 7.49. The van der Waals surface area contributed by atoms with Gasteiger partial charge in [-0.25, -0.2) is 9.55 Å². The molecule has 4 rings (SSSR count). The van der Waals surface area contributed by atoms with Crippen LogP contribution >= 0.6 is 34.0 Å². The van der Waals surface area contributed by atoms with Crippen LogP contribution in [0.5, 0.6) is 5.75 Å². The molecule has 3 aromatic rings. The van der Waals surface area contributed by atoms with Crippen molar-refractivity contribution in [2.45, 2.75) is 75.8 Å². The Hall–Kier alpha value is -1.98. The van der Waals surface area contributed by atoms with Gasteiger partial charge in [-0.15, -0.1) is 12.4 Å². The molecule has 0 fully saturated rings. The Bertz CT molecular complexity index is 1370. The molecule has 1 aliphatic rings. The van der Waals surface area contributed by atoms with Gasteiger partial charge in [0, 0.05) is 27.2 Å². The highest BCUT2D eigenvalue weighted by atomic mass is 35.5. The number of aromatic amines is 1. The summed E-state index contributed by atoms with van der Waals surface area (Å²) < 4.78 is 6.91. The Balaban J connectivity index is 0.00000267. The van der Waals surface area contributed by atoms with Gasteiger partial charge in [-0.1, -0.05) is 26.6 Å². The number of aromatic nitrogens is 3. The van der Waals surface area contributed by atoms with E-state index in [-0.39, 0.29) is 30.6 Å². The number of H-pyrrole nitrogens is 1. The largest absolute Gasteiger partial charge is 1.00 e. The highest BCUT2D eigenvalue weighted by Gasteiger charge is 2.51. The predicted molar refractivity (Wildman–Crippen MR) is 156 cm³/mol. The Morgan fingerprint density at radius 2 is 1.82 bits per heavy atom. The molecule has 8 nitrogen and oxygen atoms in total. The molecule has 0 spiro atoms. The number of ether oxygens (including phenoxy) is 1. The molecule has 0 amide bonds. The molecule has 0 unspecified atom stereocenters. The first-order valence-corrected chi connectivity index (χ1v) is 14.4. The van der Waals surface area contributed by atoms with Crippen LogP contribution in [-0.2, 0) is 26.2 Å². The van der Waals surface area contributed by atoms with Crippen LogP contribution in [0.3, 0.4) is 0 Å². The van der Waals surface area contributed by atoms with E-state index in [1.807, 2.05) is 71.4 Å². The molecule has 4 N–H and O–H groups in total. The fourth-order valence-corrected chi connectivity index (χ4v) is 7.85. The molecule has 0 aliphatic heterocycles. The molecule has 214 valence electrons. The topological polar surface area (TPSA) is 122 Å². The number of fused-ring (bicyclic) bond motifs is 2. The summed E-state index contributed by atoms with van der Waals surface area (Å²) in [4.78, 5) is 32.9. The number of carbonyl (C=O) groups is 2. The summed E-state index contributed by atoms with van der Waals surface area (Å²) in [6.07, 6.45) is 1.92. The molecule has 12 heteroatoms. The third-order valence-corrected chi connectivity index (χ3v) is 10.7. The second kappa shape index (κ2) is 11.5. The molecule has 1 aromatic carbocycles. The number of hydrogen-bond donors (Lipinski definition) is 3. The molecule has 0 saturated heterocycles. The van der Waals surface area contributed by atoms with Crippen LogP contribution in [0.15, 0.2) is 24.4 Å². The van der Waals surface area contributed by atoms with Crippen molar-refractivity contribution in [3.63, 3.8) is 0 Å². The van der Waals surface area contributed by atoms with Gasteiger partial charge in [-0.05, 0) is 71.7 Å². The molecule has 1 aliphatic carbocycles. The van der Waals surface area contributed by atoms with Crippen molar-refractivity contribution in [3.8, 4) is 11.7 Å². The van der Waals surface area contributed by atoms with Crippen LogP contribution in [0.25, 0.3) is 17.0 Å². The zero-order chi connectivity index (χ0) is 27.5. The Morgan fingerprint density at radius 1 is 1.23 bits per heavy atom. The van der Waals surface area contributed by atoms with E-state index < -0.39 is 27.6 Å². The molecular formula is C27H36Cl2N4O4S2. The highest BCUT2D eigenvalue weighted by Crippen LogP contribution is 2.47. The van der Waals surface area contributed by atoms with E-state index in [1.54, 1.807) is 17.9 Å². The van der Waals surface area contributed by atoms with E-state index in [2.05, 4.69) is 11.1 Å². The van der Waals surface area contributed by atoms with E-state index in [9.17, 15) is 14.7 Å². The van der Waals surface area contributed by atoms with Gasteiger partial charge in [-0.2, -0.15) is 0 Å². The standard InChI is InChI=1S/C27H34N4O4S2.2ClH/c1-14-19(13-36-37-27(6,7)21(28)22(32)33)31(10-9-20(14)35-8)24-29-17-11-15-16(12-18(17)30-24)26(4,5)23(34)25(15,2)3;;/h9-12,21H,13,28H2,1-8H3,(H-,29,30,32,33);2*1H/t21-;;/m0../s1. The van der Waals surface area contributed by atoms with Gasteiger partial charge in [0.1, 0.15) is 23.0 Å². The smallest absolute Gasteiger partial charge is 0.402 e. The molecule has 0 saturated carbocycles. The number of Topliss-reactive ketones (excluding diaryl/α,β-unsaturated/α-hetero) is 1. The normalized spacial score (nSPS) is 16.3. The van der Waals surface area contributed by atoms with Crippen molar-refractivity contribution in [2.75, 3.05) is 7.11 Å². The first kappa shape index (κ1) is 33.2. The minimum atomic E-state index is -1.02. The van der Waals surface area contributed by atoms with Gasteiger partial charge in [0.05, 0.1) is 19.1 Å². The fourth-order valence-electron chi connectivity index (χ4n) is 5.08. The maximum absolute atomic E-state index is 13.1. The number of nitrogens with two attached hydrogens (primary N) is 1. The summed E-state index contributed by atoms with van der Waals surface area (Å²) in [6.45, 7) is 13.6. The summed E-state index contributed by atoms with van der Waals surface area (Å²) in [6, 6.07) is 5.01. The molecule has 2 aromatic heterocycles. The fraction of sp³-hybridized carbons (Fsp3) is 0.481. The predicted octanol–water partition coefficient (Wildman–Crippen LogP) is 1.79. The number of ketones is 1. The Labute approximate surface area is 249 Å². The molecule has 39 heavy (non-hydrogen) atoms. The van der Waals surface area contributed by atoms with Gasteiger partial charge in [0.25, 0.3) is 0 Å². The lowest BCUT2D eigenvalue weighted by Gasteiger charge is -2.27. The molecule has 2 heterocycles. The first-order valence-electron chi connectivity index (χ1n) is 12.1. The minimum Gasteiger partial charge on any atom is -1.00 e. The lowest BCUT2D eigenvalue weighted by molar-refractivity contribution is -0.610. The number of rotatable bonds is 8. The second-order valence-electron chi connectivity index (χ2n) is 11.1. The number of nitrogens with one attached hydrogen (secondary N) is 1. The number of halogens is 2. The molecule has 1 atom stereocenters. The zero-order valence-corrected chi connectivity index (χ0v) is 26.5. The van der Waals surface area contributed by atoms with Crippen LogP contribution in [-0.4, -0.2) is 44.7 Å². The zero-order valence-electron chi connectivity index (χ0n) is 23.3. The first-order chi connectivity index (χ1) is 17.1. The third kappa shape index (κ3) is 5.63. The Morgan fingerprint density at radius 3 is 2.38 bits per heavy atom. The summed E-state index contributed by atoms with van der Waals surface area (Å²) >= 11 is 0. The summed E-state index contributed by atoms with van der Waals surface area (Å²) in [5, 5.41) is 9.35. The van der Waals surface area contributed by atoms with Crippen molar-refractivity contribution >= 4 is 56.8 Å². The van der Waals surface area contributed by atoms with Crippen LogP contribution in [0.4, 0.5) is 0 Å². The van der Waals surface area contributed by atoms with E-state index in [1.165, 1.54) is 10.8 Å². The van der Waals surface area contributed by atoms with Crippen LogP contribution in [0.1, 0.15) is 63.9 Å². The highest BCUT2D eigenvalue weighted by molar-refractivity contribution is 8.76. The lowest BCUT2D eigenvalue weighted by Crippen LogP contribution is -3.00. The Kier molecular flexibility index (Phi) is 9.78. The molecular weight excluding hydrogens is 579 g/mol. The van der Waals surface area contributed by atoms with Crippen molar-refractivity contribution in [1.29, 1.82) is 0 Å². The number of carboxylic acid groups (broad SMARTS) is 1. The van der Waals surface area contributed by atoms with Crippen molar-refractivity contribution in [3.05, 3.63) is 46.8 Å². The lowest BCUT2D eigenvalue weighted by atomic mass is 9.80. The number of carbonyl (C=O) groups excluding carboxylic acids is 1. The summed E-state index contributed by atoms with van der Waals surface area (Å²) in [5.74, 6) is 1.19. The maximum atomic E-state index is 13.1. The van der Waals surface area contributed by atoms with Crippen LogP contribution in [0.2, 0.25) is 0 Å². The molecule has 0 radical (unpaired) electrons. The number of hydrogen-bond acceptors (Lipinski definition) is 7. The van der Waals surface area contributed by atoms with Crippen molar-refractivity contribution in [1.82, 2.24) is 9.97 Å². The second-order valence-corrected chi connectivity index (χ2v) is 14.1. The van der Waals surface area contributed by atoms with Gasteiger partial charge >= 0.3 is 11.9 Å². The van der Waals surface area contributed by atoms with Crippen LogP contribution in [0, 0.1) is 6.92 Å². The van der Waals surface area contributed by atoms with Gasteiger partial charge in [0.15, 0.2) is 11.3 Å². The van der Waals surface area contributed by atoms with Crippen LogP contribution < -0.4 is 27.4 Å². The van der Waals surface area contributed by atoms with E-state index in [4.69, 9.17) is 15.5 Å². The number of pyridine rings is 1. The molecule has 0 bridgehead atoms. The van der Waals surface area contributed by atoms with Crippen molar-refractivity contribution in [2.24, 2.45) is 5.73 Å². The van der Waals surface area contributed by atoms with Gasteiger partial charge < -0.3 is 28.0 Å². The average Bonchev–Trinajstić information content (AvgIpc) is 3.30. The van der Waals surface area contributed by atoms with E-state index in [0.29, 0.717) is 11.7 Å². The number of imidazole rings is 1. The number of methoxy groups -OCH3 is 1. The number of carboxylic acids is 1. The number of aliphatic carboxylic acids is 1. The SMILES string of the molecule is COc1cc[n+](-c2nc3cc4c(cc3[nH]2)C(C)(C)C(=O)C4(C)C)c(CSSC(C)(C)[C@@H](N)C(=O)O)c1C.Cl.[Cl-]. The van der Waals surface area contributed by atoms with Gasteiger partial charge in [0.2, 0.25) is 0 Å². The number of benzene rings is 1.